The van der Waals surface area contributed by atoms with Crippen LogP contribution in [0.2, 0.25) is 0 Å². The van der Waals surface area contributed by atoms with Gasteiger partial charge in [0.15, 0.2) is 5.96 Å². The van der Waals surface area contributed by atoms with Crippen molar-refractivity contribution in [1.29, 1.82) is 0 Å². The summed E-state index contributed by atoms with van der Waals surface area (Å²) in [5, 5.41) is 0.760. The molecule has 2 N–H and O–H groups in total. The van der Waals surface area contributed by atoms with E-state index in [0.29, 0.717) is 0 Å². The van der Waals surface area contributed by atoms with Crippen molar-refractivity contribution >= 4 is 17.7 Å². The van der Waals surface area contributed by atoms with E-state index in [9.17, 15) is 0 Å². The molecule has 80 valence electrons. The minimum Gasteiger partial charge on any atom is -0.370 e. The van der Waals surface area contributed by atoms with Crippen LogP contribution in [0, 0.1) is 0 Å². The molecule has 2 aliphatic rings. The number of nitrogens with two attached hydrogens (primary N) is 1. The summed E-state index contributed by atoms with van der Waals surface area (Å²) in [6.45, 7) is 6.47. The summed E-state index contributed by atoms with van der Waals surface area (Å²) in [5.74, 6) is 1.96. The normalized spacial score (nSPS) is 36.9. The Morgan fingerprint density at radius 1 is 1.71 bits per heavy atom. The molecule has 2 aliphatic heterocycles. The van der Waals surface area contributed by atoms with Crippen molar-refractivity contribution in [3.8, 4) is 0 Å². The van der Waals surface area contributed by atoms with E-state index in [4.69, 9.17) is 5.73 Å². The fourth-order valence-electron chi connectivity index (χ4n) is 2.47. The Hall–Kier alpha value is -0.380. The van der Waals surface area contributed by atoms with Crippen molar-refractivity contribution in [3.05, 3.63) is 0 Å². The van der Waals surface area contributed by atoms with E-state index in [1.54, 1.807) is 0 Å². The zero-order valence-corrected chi connectivity index (χ0v) is 9.81. The van der Waals surface area contributed by atoms with Gasteiger partial charge >= 0.3 is 0 Å². The highest BCUT2D eigenvalue weighted by Crippen LogP contribution is 2.40. The molecule has 3 nitrogen and oxygen atoms in total. The molecular weight excluding hydrogens is 194 g/mol. The molecule has 2 heterocycles. The van der Waals surface area contributed by atoms with Gasteiger partial charge in [0.2, 0.25) is 0 Å². The van der Waals surface area contributed by atoms with Crippen LogP contribution < -0.4 is 5.73 Å². The fraction of sp³-hybridized carbons (Fsp3) is 0.900. The van der Waals surface area contributed by atoms with Gasteiger partial charge in [0.1, 0.15) is 0 Å². The van der Waals surface area contributed by atoms with Gasteiger partial charge in [-0.05, 0) is 12.8 Å². The van der Waals surface area contributed by atoms with E-state index in [1.165, 1.54) is 12.2 Å². The molecule has 14 heavy (non-hydrogen) atoms. The maximum Gasteiger partial charge on any atom is 0.191 e. The zero-order valence-electron chi connectivity index (χ0n) is 8.99. The lowest BCUT2D eigenvalue weighted by Gasteiger charge is -2.35. The van der Waals surface area contributed by atoms with E-state index in [2.05, 4.69) is 35.5 Å². The Labute approximate surface area is 90.1 Å². The molecule has 0 aromatic carbocycles. The van der Waals surface area contributed by atoms with Crippen molar-refractivity contribution in [2.45, 2.75) is 37.5 Å². The number of hydrogen-bond donors (Lipinski definition) is 1. The van der Waals surface area contributed by atoms with E-state index in [0.717, 1.165) is 30.7 Å². The molecule has 0 saturated carbocycles. The molecule has 2 rings (SSSR count). The first kappa shape index (κ1) is 10.1. The summed E-state index contributed by atoms with van der Waals surface area (Å²) >= 11 is 2.05. The van der Waals surface area contributed by atoms with Crippen LogP contribution in [0.1, 0.15) is 26.7 Å². The zero-order chi connectivity index (χ0) is 10.2. The number of rotatable bonds is 2. The molecule has 0 aliphatic carbocycles. The lowest BCUT2D eigenvalue weighted by Crippen LogP contribution is -2.52. The van der Waals surface area contributed by atoms with Crippen molar-refractivity contribution < 1.29 is 0 Å². The number of aliphatic imine (C=N–C) groups is 1. The minimum absolute atomic E-state index is 0.268. The third-order valence-electron chi connectivity index (χ3n) is 3.14. The highest BCUT2D eigenvalue weighted by Gasteiger charge is 2.46. The molecule has 0 radical (unpaired) electrons. The van der Waals surface area contributed by atoms with Crippen LogP contribution in [0.5, 0.6) is 0 Å². The van der Waals surface area contributed by atoms with Crippen molar-refractivity contribution in [1.82, 2.24) is 4.90 Å². The lowest BCUT2D eigenvalue weighted by atomic mass is 9.95. The van der Waals surface area contributed by atoms with Gasteiger partial charge in [0.05, 0.1) is 12.1 Å². The van der Waals surface area contributed by atoms with Crippen LogP contribution in [0.4, 0.5) is 0 Å². The molecule has 2 unspecified atom stereocenters. The molecule has 1 spiro atoms. The van der Waals surface area contributed by atoms with E-state index >= 15 is 0 Å². The molecular formula is C10H19N3S. The van der Waals surface area contributed by atoms with Crippen LogP contribution in [0.3, 0.4) is 0 Å². The second-order valence-corrected chi connectivity index (χ2v) is 5.80. The first-order valence-electron chi connectivity index (χ1n) is 5.37. The number of guanidine groups is 1. The summed E-state index contributed by atoms with van der Waals surface area (Å²) in [5.41, 5.74) is 6.20. The quantitative estimate of drug-likeness (QED) is 0.751. The second-order valence-electron chi connectivity index (χ2n) is 4.38. The Bertz CT molecular complexity index is 254. The maximum atomic E-state index is 5.93. The van der Waals surface area contributed by atoms with Gasteiger partial charge in [0.25, 0.3) is 0 Å². The van der Waals surface area contributed by atoms with Gasteiger partial charge in [0, 0.05) is 17.5 Å². The largest absolute Gasteiger partial charge is 0.370 e. The molecule has 0 aromatic rings. The molecule has 1 fully saturated rings. The average molecular weight is 213 g/mol. The average Bonchev–Trinajstić information content (AvgIpc) is 2.66. The molecule has 1 saturated heterocycles. The molecule has 0 bridgehead atoms. The summed E-state index contributed by atoms with van der Waals surface area (Å²) in [7, 11) is 0. The Morgan fingerprint density at radius 2 is 2.50 bits per heavy atom. The fourth-order valence-corrected chi connectivity index (χ4v) is 3.85. The summed E-state index contributed by atoms with van der Waals surface area (Å²) in [4.78, 5) is 6.75. The second kappa shape index (κ2) is 3.65. The topological polar surface area (TPSA) is 41.6 Å². The van der Waals surface area contributed by atoms with Crippen molar-refractivity contribution in [2.24, 2.45) is 10.7 Å². The Kier molecular flexibility index (Phi) is 2.64. The van der Waals surface area contributed by atoms with Gasteiger partial charge in [-0.1, -0.05) is 13.8 Å². The lowest BCUT2D eigenvalue weighted by molar-refractivity contribution is 0.223. The summed E-state index contributed by atoms with van der Waals surface area (Å²) < 4.78 is 0. The minimum atomic E-state index is 0.268. The van der Waals surface area contributed by atoms with Crippen LogP contribution in [0.15, 0.2) is 4.99 Å². The number of thioether (sulfide) groups is 1. The van der Waals surface area contributed by atoms with Gasteiger partial charge in [-0.3, -0.25) is 4.99 Å². The van der Waals surface area contributed by atoms with E-state index in [-0.39, 0.29) is 5.54 Å². The van der Waals surface area contributed by atoms with Crippen molar-refractivity contribution in [3.63, 3.8) is 0 Å². The molecule has 4 heteroatoms. The molecule has 2 atom stereocenters. The van der Waals surface area contributed by atoms with Crippen molar-refractivity contribution in [2.75, 3.05) is 18.8 Å². The van der Waals surface area contributed by atoms with E-state index in [1.807, 2.05) is 0 Å². The third kappa shape index (κ3) is 1.49. The van der Waals surface area contributed by atoms with Gasteiger partial charge in [-0.2, -0.15) is 11.8 Å². The first-order chi connectivity index (χ1) is 6.68. The Morgan fingerprint density at radius 3 is 3.07 bits per heavy atom. The summed E-state index contributed by atoms with van der Waals surface area (Å²) in [6.07, 6.45) is 2.39. The van der Waals surface area contributed by atoms with Gasteiger partial charge in [-0.25, -0.2) is 0 Å². The molecule has 0 aromatic heterocycles. The predicted octanol–water partition coefficient (Wildman–Crippen LogP) is 1.29. The predicted molar refractivity (Wildman–Crippen MR) is 62.8 cm³/mol. The maximum absolute atomic E-state index is 5.93. The van der Waals surface area contributed by atoms with Crippen LogP contribution in [-0.2, 0) is 0 Å². The number of nitrogens with zero attached hydrogens (tertiary/aromatic N) is 2. The summed E-state index contributed by atoms with van der Waals surface area (Å²) in [6, 6.07) is 0. The first-order valence-corrected chi connectivity index (χ1v) is 6.42. The third-order valence-corrected chi connectivity index (χ3v) is 4.58. The van der Waals surface area contributed by atoms with Gasteiger partial charge in [-0.15, -0.1) is 0 Å². The highest BCUT2D eigenvalue weighted by atomic mass is 32.2. The van der Waals surface area contributed by atoms with Crippen LogP contribution in [-0.4, -0.2) is 40.5 Å². The standard InChI is InChI=1S/C10H19N3S/c1-3-4-13-9(11)12-6-10(13)5-8(2)14-7-10/h8H,3-7H2,1-2H3,(H2,11,12). The van der Waals surface area contributed by atoms with Crippen LogP contribution in [0.25, 0.3) is 0 Å². The highest BCUT2D eigenvalue weighted by molar-refractivity contribution is 8.00. The smallest absolute Gasteiger partial charge is 0.191 e. The van der Waals surface area contributed by atoms with E-state index < -0.39 is 0 Å². The number of hydrogen-bond acceptors (Lipinski definition) is 4. The molecule has 0 amide bonds. The Balaban J connectivity index is 2.13. The van der Waals surface area contributed by atoms with Gasteiger partial charge < -0.3 is 10.6 Å². The monoisotopic (exact) mass is 213 g/mol. The van der Waals surface area contributed by atoms with Crippen LogP contribution >= 0.6 is 11.8 Å². The SMILES string of the molecule is CCCN1C(N)=NCC12CSC(C)C2.